The van der Waals surface area contributed by atoms with Crippen molar-refractivity contribution in [3.05, 3.63) is 63.6 Å². The fourth-order valence-electron chi connectivity index (χ4n) is 4.08. The zero-order valence-electron chi connectivity index (χ0n) is 20.2. The Hall–Kier alpha value is -3.20. The highest BCUT2D eigenvalue weighted by Crippen LogP contribution is 2.57. The molecule has 182 valence electrons. The predicted molar refractivity (Wildman–Crippen MR) is 129 cm³/mol. The lowest BCUT2D eigenvalue weighted by Gasteiger charge is -2.31. The van der Waals surface area contributed by atoms with Crippen molar-refractivity contribution in [1.82, 2.24) is 0 Å². The summed E-state index contributed by atoms with van der Waals surface area (Å²) in [5.41, 5.74) is 2.25. The maximum Gasteiger partial charge on any atom is 0.374 e. The lowest BCUT2D eigenvalue weighted by Crippen LogP contribution is -2.24. The number of ether oxygens (including phenoxy) is 3. The van der Waals surface area contributed by atoms with Gasteiger partial charge in [0, 0.05) is 31.0 Å². The molecule has 0 radical (unpaired) electrons. The van der Waals surface area contributed by atoms with E-state index < -0.39 is 16.7 Å². The second-order valence-corrected chi connectivity index (χ2v) is 9.17. The molecule has 34 heavy (non-hydrogen) atoms. The molecule has 1 aliphatic heterocycles. The van der Waals surface area contributed by atoms with Crippen LogP contribution in [-0.2, 0) is 23.8 Å². The molecule has 1 aromatic heterocycles. The molecular formula is C25H29NO7S. The van der Waals surface area contributed by atoms with E-state index in [9.17, 15) is 14.4 Å². The van der Waals surface area contributed by atoms with Crippen LogP contribution in [0.2, 0.25) is 0 Å². The Bertz CT molecular complexity index is 1120. The number of rotatable bonds is 7. The van der Waals surface area contributed by atoms with Gasteiger partial charge in [-0.05, 0) is 18.9 Å². The average molecular weight is 488 g/mol. The van der Waals surface area contributed by atoms with Crippen molar-refractivity contribution in [2.24, 2.45) is 0 Å². The summed E-state index contributed by atoms with van der Waals surface area (Å²) in [5.74, 6) is -1.55. The topological polar surface area (TPSA) is 95.3 Å². The van der Waals surface area contributed by atoms with Gasteiger partial charge in [-0.25, -0.2) is 9.59 Å². The number of hydrogen-bond acceptors (Lipinski definition) is 9. The molecule has 0 aliphatic carbocycles. The molecular weight excluding hydrogens is 458 g/mol. The standard InChI is InChI=1S/C25H29NO7S/c1-7-25(17-11-9-8-10-12-17)22-20(19(23(28)30-5)21(33-22)24(29)31-6)26(4)15(2)18(34-25)13-14-32-16(3)27/h8-12H,7,13-14H2,1-6H3. The number of anilines is 1. The molecule has 0 bridgehead atoms. The number of thioether (sulfide) groups is 1. The number of hydrogen-bond donors (Lipinski definition) is 0. The normalized spacial score (nSPS) is 17.6. The van der Waals surface area contributed by atoms with Gasteiger partial charge in [0.25, 0.3) is 0 Å². The van der Waals surface area contributed by atoms with Crippen molar-refractivity contribution in [1.29, 1.82) is 0 Å². The smallest absolute Gasteiger partial charge is 0.374 e. The van der Waals surface area contributed by atoms with Crippen LogP contribution in [0.1, 0.15) is 65.8 Å². The first-order valence-electron chi connectivity index (χ1n) is 10.9. The predicted octanol–water partition coefficient (Wildman–Crippen LogP) is 4.87. The summed E-state index contributed by atoms with van der Waals surface area (Å²) in [5, 5.41) is 0. The molecule has 0 fully saturated rings. The maximum atomic E-state index is 12.9. The van der Waals surface area contributed by atoms with Gasteiger partial charge in [-0.3, -0.25) is 4.79 Å². The van der Waals surface area contributed by atoms with Crippen LogP contribution in [0.15, 0.2) is 45.4 Å². The minimum Gasteiger partial charge on any atom is -0.466 e. The highest BCUT2D eigenvalue weighted by atomic mass is 32.2. The third kappa shape index (κ3) is 4.44. The number of furan rings is 1. The van der Waals surface area contributed by atoms with Crippen molar-refractivity contribution in [3.8, 4) is 0 Å². The van der Waals surface area contributed by atoms with Gasteiger partial charge in [-0.15, -0.1) is 11.8 Å². The summed E-state index contributed by atoms with van der Waals surface area (Å²) in [6.45, 7) is 5.53. The molecule has 2 aromatic rings. The Morgan fingerprint density at radius 2 is 1.74 bits per heavy atom. The Morgan fingerprint density at radius 1 is 1.09 bits per heavy atom. The highest BCUT2D eigenvalue weighted by molar-refractivity contribution is 8.04. The molecule has 1 aliphatic rings. The molecule has 0 spiro atoms. The summed E-state index contributed by atoms with van der Waals surface area (Å²) < 4.78 is 20.6. The number of fused-ring (bicyclic) bond motifs is 1. The number of carbonyl (C=O) groups is 3. The third-order valence-corrected chi connectivity index (χ3v) is 7.73. The van der Waals surface area contributed by atoms with E-state index in [0.717, 1.165) is 16.2 Å². The van der Waals surface area contributed by atoms with E-state index in [0.29, 0.717) is 24.3 Å². The van der Waals surface area contributed by atoms with Crippen LogP contribution >= 0.6 is 11.8 Å². The van der Waals surface area contributed by atoms with E-state index >= 15 is 0 Å². The quantitative estimate of drug-likeness (QED) is 0.400. The minimum absolute atomic E-state index is 0.0155. The summed E-state index contributed by atoms with van der Waals surface area (Å²) in [6.07, 6.45) is 1.07. The van der Waals surface area contributed by atoms with Gasteiger partial charge >= 0.3 is 17.9 Å². The molecule has 1 aromatic carbocycles. The van der Waals surface area contributed by atoms with Crippen LogP contribution in [0.4, 0.5) is 5.69 Å². The summed E-state index contributed by atoms with van der Waals surface area (Å²) in [6, 6.07) is 9.77. The molecule has 1 atom stereocenters. The van der Waals surface area contributed by atoms with Gasteiger partial charge in [-0.2, -0.15) is 0 Å². The van der Waals surface area contributed by atoms with Crippen LogP contribution in [0.25, 0.3) is 0 Å². The van der Waals surface area contributed by atoms with Crippen LogP contribution in [0.3, 0.4) is 0 Å². The van der Waals surface area contributed by atoms with Gasteiger partial charge < -0.3 is 23.5 Å². The van der Waals surface area contributed by atoms with Crippen molar-refractivity contribution in [3.63, 3.8) is 0 Å². The van der Waals surface area contributed by atoms with Crippen LogP contribution < -0.4 is 4.90 Å². The SMILES string of the molecule is CCC1(c2ccccc2)SC(CCOC(C)=O)=C(C)N(C)c2c1oc(C(=O)OC)c2C(=O)OC. The number of allylic oxidation sites excluding steroid dienone is 1. The average Bonchev–Trinajstić information content (AvgIpc) is 3.22. The molecule has 3 rings (SSSR count). The summed E-state index contributed by atoms with van der Waals surface area (Å²) in [7, 11) is 4.30. The van der Waals surface area contributed by atoms with Crippen molar-refractivity contribution < 1.29 is 33.0 Å². The molecule has 0 saturated carbocycles. The van der Waals surface area contributed by atoms with Gasteiger partial charge in [0.1, 0.15) is 21.8 Å². The molecule has 0 amide bonds. The highest BCUT2D eigenvalue weighted by Gasteiger charge is 2.47. The van der Waals surface area contributed by atoms with E-state index in [4.69, 9.17) is 18.6 Å². The van der Waals surface area contributed by atoms with E-state index in [-0.39, 0.29) is 23.9 Å². The van der Waals surface area contributed by atoms with Crippen LogP contribution in [-0.4, -0.2) is 45.8 Å². The zero-order chi connectivity index (χ0) is 25.0. The van der Waals surface area contributed by atoms with Crippen molar-refractivity contribution in [2.45, 2.75) is 38.4 Å². The Morgan fingerprint density at radius 3 is 2.29 bits per heavy atom. The second-order valence-electron chi connectivity index (χ2n) is 7.77. The largest absolute Gasteiger partial charge is 0.466 e. The lowest BCUT2D eigenvalue weighted by atomic mass is 9.91. The molecule has 9 heteroatoms. The minimum atomic E-state index is -0.775. The van der Waals surface area contributed by atoms with Gasteiger partial charge in [-0.1, -0.05) is 37.3 Å². The maximum absolute atomic E-state index is 12.9. The van der Waals surface area contributed by atoms with Gasteiger partial charge in [0.2, 0.25) is 5.76 Å². The van der Waals surface area contributed by atoms with E-state index in [1.54, 1.807) is 18.8 Å². The zero-order valence-corrected chi connectivity index (χ0v) is 21.0. The molecule has 0 saturated heterocycles. The number of esters is 3. The summed E-state index contributed by atoms with van der Waals surface area (Å²) >= 11 is 1.57. The number of methoxy groups -OCH3 is 2. The van der Waals surface area contributed by atoms with Crippen molar-refractivity contribution >= 4 is 35.4 Å². The molecule has 1 unspecified atom stereocenters. The van der Waals surface area contributed by atoms with Crippen LogP contribution in [0.5, 0.6) is 0 Å². The fraction of sp³-hybridized carbons (Fsp3) is 0.400. The van der Waals surface area contributed by atoms with Gasteiger partial charge in [0.15, 0.2) is 0 Å². The summed E-state index contributed by atoms with van der Waals surface area (Å²) in [4.78, 5) is 39.7. The molecule has 8 nitrogen and oxygen atoms in total. The number of carbonyl (C=O) groups excluding carboxylic acids is 3. The lowest BCUT2D eigenvalue weighted by molar-refractivity contribution is -0.140. The van der Waals surface area contributed by atoms with Crippen LogP contribution in [0, 0.1) is 0 Å². The first kappa shape index (κ1) is 25.4. The Labute approximate surface area is 203 Å². The molecule has 2 heterocycles. The number of benzene rings is 1. The van der Waals surface area contributed by atoms with E-state index in [1.165, 1.54) is 21.1 Å². The number of nitrogens with zero attached hydrogens (tertiary/aromatic N) is 1. The Balaban J connectivity index is 2.35. The fourth-order valence-corrected chi connectivity index (χ4v) is 5.60. The third-order valence-electron chi connectivity index (χ3n) is 5.92. The molecule has 0 N–H and O–H groups in total. The van der Waals surface area contributed by atoms with E-state index in [2.05, 4.69) is 0 Å². The first-order chi connectivity index (χ1) is 16.2. The monoisotopic (exact) mass is 487 g/mol. The van der Waals surface area contributed by atoms with Crippen molar-refractivity contribution in [2.75, 3.05) is 32.8 Å². The van der Waals surface area contributed by atoms with E-state index in [1.807, 2.05) is 49.1 Å². The Kier molecular flexibility index (Phi) is 7.76. The first-order valence-corrected chi connectivity index (χ1v) is 11.7. The second kappa shape index (κ2) is 10.4. The van der Waals surface area contributed by atoms with Gasteiger partial charge in [0.05, 0.1) is 20.8 Å².